The number of halogens is 1. The molecule has 4 nitrogen and oxygen atoms in total. The Morgan fingerprint density at radius 1 is 1.37 bits per heavy atom. The van der Waals surface area contributed by atoms with Gasteiger partial charge in [-0.25, -0.2) is 0 Å². The molecule has 0 aromatic heterocycles. The van der Waals surface area contributed by atoms with Crippen molar-refractivity contribution < 1.29 is 9.53 Å². The highest BCUT2D eigenvalue weighted by Crippen LogP contribution is 2.43. The molecule has 0 radical (unpaired) electrons. The second-order valence-corrected chi connectivity index (χ2v) is 6.17. The summed E-state index contributed by atoms with van der Waals surface area (Å²) in [5.74, 6) is 1.39. The van der Waals surface area contributed by atoms with E-state index in [-0.39, 0.29) is 17.8 Å². The molecule has 2 saturated heterocycles. The zero-order chi connectivity index (χ0) is 12.4. The quantitative estimate of drug-likeness (QED) is 0.824. The minimum Gasteiger partial charge on any atom is -0.381 e. The third-order valence-corrected chi connectivity index (χ3v) is 5.07. The van der Waals surface area contributed by atoms with E-state index in [4.69, 9.17) is 4.74 Å². The summed E-state index contributed by atoms with van der Waals surface area (Å²) in [6.45, 7) is 4.38. The highest BCUT2D eigenvalue weighted by Gasteiger charge is 2.49. The van der Waals surface area contributed by atoms with Crippen LogP contribution in [0.2, 0.25) is 0 Å². The number of hydrogen-bond donors (Lipinski definition) is 2. The molecular weight excluding hydrogens is 264 g/mol. The van der Waals surface area contributed by atoms with E-state index in [0.717, 1.165) is 45.7 Å². The lowest BCUT2D eigenvalue weighted by Crippen LogP contribution is -2.48. The molecule has 2 N–H and O–H groups in total. The Bertz CT molecular complexity index is 321. The van der Waals surface area contributed by atoms with Gasteiger partial charge in [0.15, 0.2) is 0 Å². The van der Waals surface area contributed by atoms with E-state index in [2.05, 4.69) is 10.6 Å². The molecule has 0 bridgehead atoms. The fourth-order valence-corrected chi connectivity index (χ4v) is 3.85. The van der Waals surface area contributed by atoms with Crippen LogP contribution in [0.3, 0.4) is 0 Å². The molecule has 1 amide bonds. The van der Waals surface area contributed by atoms with E-state index in [1.54, 1.807) is 0 Å². The fourth-order valence-electron chi connectivity index (χ4n) is 3.85. The molecule has 1 unspecified atom stereocenters. The van der Waals surface area contributed by atoms with Crippen molar-refractivity contribution in [3.63, 3.8) is 0 Å². The van der Waals surface area contributed by atoms with Gasteiger partial charge in [0, 0.05) is 25.6 Å². The van der Waals surface area contributed by atoms with Gasteiger partial charge >= 0.3 is 0 Å². The number of ether oxygens (including phenoxy) is 1. The van der Waals surface area contributed by atoms with Crippen molar-refractivity contribution in [3.05, 3.63) is 0 Å². The van der Waals surface area contributed by atoms with E-state index in [1.807, 2.05) is 0 Å². The van der Waals surface area contributed by atoms with Gasteiger partial charge in [0.1, 0.15) is 0 Å². The maximum atomic E-state index is 12.6. The van der Waals surface area contributed by atoms with Crippen LogP contribution in [0.4, 0.5) is 0 Å². The highest BCUT2D eigenvalue weighted by molar-refractivity contribution is 5.85. The van der Waals surface area contributed by atoms with Gasteiger partial charge in [-0.2, -0.15) is 0 Å². The molecule has 3 aliphatic rings. The molecular formula is C14H25ClN2O2. The van der Waals surface area contributed by atoms with Crippen molar-refractivity contribution in [1.82, 2.24) is 10.6 Å². The summed E-state index contributed by atoms with van der Waals surface area (Å²) in [6.07, 6.45) is 5.87. The van der Waals surface area contributed by atoms with Crippen LogP contribution in [0.1, 0.15) is 32.1 Å². The first kappa shape index (κ1) is 15.1. The van der Waals surface area contributed by atoms with Gasteiger partial charge in [0.2, 0.25) is 5.91 Å². The first-order valence-corrected chi connectivity index (χ1v) is 7.38. The first-order chi connectivity index (χ1) is 8.81. The lowest BCUT2D eigenvalue weighted by atomic mass is 9.67. The van der Waals surface area contributed by atoms with Crippen LogP contribution in [0.15, 0.2) is 0 Å². The van der Waals surface area contributed by atoms with Crippen LogP contribution < -0.4 is 10.6 Å². The summed E-state index contributed by atoms with van der Waals surface area (Å²) in [7, 11) is 0. The minimum absolute atomic E-state index is 0. The number of rotatable bonds is 3. The topological polar surface area (TPSA) is 50.4 Å². The van der Waals surface area contributed by atoms with Crippen LogP contribution in [-0.4, -0.2) is 38.8 Å². The molecule has 0 spiro atoms. The SMILES string of the molecule is Cl.O=C(NCC1CCOC1)[C@@]12CCCC[C@H]1CNC2. The molecule has 3 atom stereocenters. The van der Waals surface area contributed by atoms with Crippen LogP contribution >= 0.6 is 12.4 Å². The van der Waals surface area contributed by atoms with Gasteiger partial charge in [0.25, 0.3) is 0 Å². The van der Waals surface area contributed by atoms with Crippen molar-refractivity contribution in [2.24, 2.45) is 17.3 Å². The Morgan fingerprint density at radius 2 is 2.26 bits per heavy atom. The molecule has 3 rings (SSSR count). The predicted octanol–water partition coefficient (Wildman–Crippen LogP) is 1.34. The van der Waals surface area contributed by atoms with E-state index in [9.17, 15) is 4.79 Å². The number of carbonyl (C=O) groups is 1. The molecule has 0 aromatic rings. The summed E-state index contributed by atoms with van der Waals surface area (Å²) >= 11 is 0. The maximum Gasteiger partial charge on any atom is 0.227 e. The van der Waals surface area contributed by atoms with Gasteiger partial charge in [-0.15, -0.1) is 12.4 Å². The standard InChI is InChI=1S/C14H24N2O2.ClH/c17-13(16-7-11-4-6-18-9-11)14-5-2-1-3-12(14)8-15-10-14;/h11-12,15H,1-10H2,(H,16,17);1H/t11?,12-,14+;/m0./s1. The average Bonchev–Trinajstić information content (AvgIpc) is 3.05. The smallest absolute Gasteiger partial charge is 0.227 e. The Kier molecular flexibility index (Phi) is 5.09. The Morgan fingerprint density at radius 3 is 3.05 bits per heavy atom. The second kappa shape index (κ2) is 6.42. The summed E-state index contributed by atoms with van der Waals surface area (Å²) < 4.78 is 5.36. The fraction of sp³-hybridized carbons (Fsp3) is 0.929. The van der Waals surface area contributed by atoms with E-state index >= 15 is 0 Å². The van der Waals surface area contributed by atoms with Crippen molar-refractivity contribution >= 4 is 18.3 Å². The molecule has 2 aliphatic heterocycles. The van der Waals surface area contributed by atoms with Crippen LogP contribution in [0.5, 0.6) is 0 Å². The molecule has 2 heterocycles. The van der Waals surface area contributed by atoms with Crippen molar-refractivity contribution in [2.45, 2.75) is 32.1 Å². The minimum atomic E-state index is -0.0995. The summed E-state index contributed by atoms with van der Waals surface area (Å²) in [6, 6.07) is 0. The van der Waals surface area contributed by atoms with Gasteiger partial charge in [-0.1, -0.05) is 12.8 Å². The van der Waals surface area contributed by atoms with Gasteiger partial charge in [-0.3, -0.25) is 4.79 Å². The summed E-state index contributed by atoms with van der Waals surface area (Å²) in [5.41, 5.74) is -0.0995. The van der Waals surface area contributed by atoms with Crippen molar-refractivity contribution in [2.75, 3.05) is 32.8 Å². The van der Waals surface area contributed by atoms with E-state index in [0.29, 0.717) is 17.7 Å². The van der Waals surface area contributed by atoms with Crippen LogP contribution in [0, 0.1) is 17.3 Å². The normalized spacial score (nSPS) is 37.5. The van der Waals surface area contributed by atoms with E-state index in [1.165, 1.54) is 19.3 Å². The monoisotopic (exact) mass is 288 g/mol. The average molecular weight is 289 g/mol. The van der Waals surface area contributed by atoms with Gasteiger partial charge < -0.3 is 15.4 Å². The molecule has 1 saturated carbocycles. The third kappa shape index (κ3) is 2.91. The van der Waals surface area contributed by atoms with Crippen LogP contribution in [0.25, 0.3) is 0 Å². The largest absolute Gasteiger partial charge is 0.381 e. The first-order valence-electron chi connectivity index (χ1n) is 7.38. The molecule has 1 aliphatic carbocycles. The number of hydrogen-bond acceptors (Lipinski definition) is 3. The summed E-state index contributed by atoms with van der Waals surface area (Å²) in [4.78, 5) is 12.6. The van der Waals surface area contributed by atoms with Gasteiger partial charge in [0.05, 0.1) is 12.0 Å². The number of carbonyl (C=O) groups excluding carboxylic acids is 1. The molecule has 110 valence electrons. The third-order valence-electron chi connectivity index (χ3n) is 5.07. The van der Waals surface area contributed by atoms with E-state index < -0.39 is 0 Å². The number of amides is 1. The Labute approximate surface area is 121 Å². The molecule has 0 aromatic carbocycles. The Balaban J connectivity index is 0.00000133. The molecule has 3 fully saturated rings. The summed E-state index contributed by atoms with van der Waals surface area (Å²) in [5, 5.41) is 6.63. The van der Waals surface area contributed by atoms with Gasteiger partial charge in [-0.05, 0) is 31.7 Å². The number of nitrogens with one attached hydrogen (secondary N) is 2. The van der Waals surface area contributed by atoms with Crippen LogP contribution in [-0.2, 0) is 9.53 Å². The van der Waals surface area contributed by atoms with Crippen molar-refractivity contribution in [1.29, 1.82) is 0 Å². The lowest BCUT2D eigenvalue weighted by molar-refractivity contribution is -0.134. The molecule has 19 heavy (non-hydrogen) atoms. The second-order valence-electron chi connectivity index (χ2n) is 6.17. The predicted molar refractivity (Wildman–Crippen MR) is 76.4 cm³/mol. The zero-order valence-electron chi connectivity index (χ0n) is 11.5. The Hall–Kier alpha value is -0.320. The maximum absolute atomic E-state index is 12.6. The lowest BCUT2D eigenvalue weighted by Gasteiger charge is -2.37. The zero-order valence-corrected chi connectivity index (χ0v) is 12.3. The number of fused-ring (bicyclic) bond motifs is 1. The highest BCUT2D eigenvalue weighted by atomic mass is 35.5. The molecule has 5 heteroatoms. The van der Waals surface area contributed by atoms with Crippen molar-refractivity contribution in [3.8, 4) is 0 Å².